The number of allylic oxidation sites excluding steroid dienone is 2. The zero-order valence-electron chi connectivity index (χ0n) is 18.3. The molecule has 3 aliphatic rings. The molecule has 1 aromatic rings. The Morgan fingerprint density at radius 2 is 1.71 bits per heavy atom. The standard InChI is InChI=1S/C24H28N2O5/c1-12(2)21(26-22(28)19-15-6-7-16(10-15)20(19)23(26)29)24(30)31-11-18(27)25-17-8-5-13(3)9-14(17)4/h5-9,12,15-16,19-21H,10-11H2,1-4H3,(H,25,27)/t15-,16-,19-,20+,21+/m0/s1. The minimum Gasteiger partial charge on any atom is -0.454 e. The van der Waals surface area contributed by atoms with Crippen LogP contribution in [0.5, 0.6) is 0 Å². The first-order valence-electron chi connectivity index (χ1n) is 10.8. The van der Waals surface area contributed by atoms with E-state index in [1.807, 2.05) is 38.1 Å². The third kappa shape index (κ3) is 3.66. The van der Waals surface area contributed by atoms with Crippen molar-refractivity contribution in [3.63, 3.8) is 0 Å². The number of anilines is 1. The number of imide groups is 1. The number of nitrogens with zero attached hydrogens (tertiary/aromatic N) is 1. The normalized spacial score (nSPS) is 27.1. The van der Waals surface area contributed by atoms with Crippen LogP contribution in [0, 0.1) is 43.4 Å². The monoisotopic (exact) mass is 424 g/mol. The van der Waals surface area contributed by atoms with E-state index in [1.165, 1.54) is 0 Å². The Kier molecular flexibility index (Phi) is 5.45. The van der Waals surface area contributed by atoms with Crippen LogP contribution in [0.25, 0.3) is 0 Å². The second kappa shape index (κ2) is 7.94. The molecule has 4 rings (SSSR count). The van der Waals surface area contributed by atoms with Gasteiger partial charge in [0.1, 0.15) is 6.04 Å². The molecule has 1 heterocycles. The third-order valence-electron chi connectivity index (χ3n) is 6.66. The van der Waals surface area contributed by atoms with Crippen LogP contribution < -0.4 is 5.32 Å². The number of esters is 1. The van der Waals surface area contributed by atoms with E-state index < -0.39 is 24.5 Å². The van der Waals surface area contributed by atoms with E-state index in [0.717, 1.165) is 22.4 Å². The molecule has 31 heavy (non-hydrogen) atoms. The number of ether oxygens (including phenoxy) is 1. The summed E-state index contributed by atoms with van der Waals surface area (Å²) in [6, 6.07) is 4.59. The van der Waals surface area contributed by atoms with Crippen molar-refractivity contribution >= 4 is 29.4 Å². The molecule has 164 valence electrons. The van der Waals surface area contributed by atoms with Crippen LogP contribution in [-0.4, -0.2) is 41.2 Å². The first kappa shape index (κ1) is 21.3. The van der Waals surface area contributed by atoms with Crippen LogP contribution in [-0.2, 0) is 23.9 Å². The Bertz CT molecular complexity index is 952. The van der Waals surface area contributed by atoms with Crippen LogP contribution in [0.2, 0.25) is 0 Å². The number of carbonyl (C=O) groups is 4. The second-order valence-corrected chi connectivity index (χ2v) is 9.21. The van der Waals surface area contributed by atoms with E-state index in [4.69, 9.17) is 4.74 Å². The van der Waals surface area contributed by atoms with Gasteiger partial charge in [-0.1, -0.05) is 43.7 Å². The summed E-state index contributed by atoms with van der Waals surface area (Å²) in [6.07, 6.45) is 4.86. The molecular weight excluding hydrogens is 396 g/mol. The lowest BCUT2D eigenvalue weighted by Crippen LogP contribution is -2.50. The molecular formula is C24H28N2O5. The highest BCUT2D eigenvalue weighted by atomic mass is 16.5. The summed E-state index contributed by atoms with van der Waals surface area (Å²) in [5.41, 5.74) is 2.63. The predicted octanol–water partition coefficient (Wildman–Crippen LogP) is 2.62. The lowest BCUT2D eigenvalue weighted by molar-refractivity contribution is -0.162. The molecule has 0 unspecified atom stereocenters. The molecule has 0 radical (unpaired) electrons. The minimum absolute atomic E-state index is 0.0730. The molecule has 7 heteroatoms. The van der Waals surface area contributed by atoms with E-state index in [1.54, 1.807) is 19.9 Å². The number of nitrogens with one attached hydrogen (secondary N) is 1. The number of carbonyl (C=O) groups excluding carboxylic acids is 4. The van der Waals surface area contributed by atoms with Crippen LogP contribution in [0.1, 0.15) is 31.4 Å². The summed E-state index contributed by atoms with van der Waals surface area (Å²) >= 11 is 0. The van der Waals surface area contributed by atoms with Gasteiger partial charge in [-0.05, 0) is 49.7 Å². The Balaban J connectivity index is 1.42. The quantitative estimate of drug-likeness (QED) is 0.431. The highest BCUT2D eigenvalue weighted by Crippen LogP contribution is 2.53. The van der Waals surface area contributed by atoms with Gasteiger partial charge in [0, 0.05) is 5.69 Å². The Morgan fingerprint density at radius 1 is 1.10 bits per heavy atom. The van der Waals surface area contributed by atoms with Crippen LogP contribution >= 0.6 is 0 Å². The van der Waals surface area contributed by atoms with Crippen molar-refractivity contribution in [2.75, 3.05) is 11.9 Å². The van der Waals surface area contributed by atoms with Crippen molar-refractivity contribution in [2.24, 2.45) is 29.6 Å². The van der Waals surface area contributed by atoms with E-state index in [0.29, 0.717) is 5.69 Å². The van der Waals surface area contributed by atoms with Crippen LogP contribution in [0.15, 0.2) is 30.4 Å². The largest absolute Gasteiger partial charge is 0.454 e. The summed E-state index contributed by atoms with van der Waals surface area (Å²) < 4.78 is 5.25. The first-order chi connectivity index (χ1) is 14.7. The van der Waals surface area contributed by atoms with Gasteiger partial charge in [-0.15, -0.1) is 0 Å². The van der Waals surface area contributed by atoms with Crippen molar-refractivity contribution in [2.45, 2.75) is 40.2 Å². The van der Waals surface area contributed by atoms with E-state index >= 15 is 0 Å². The van der Waals surface area contributed by atoms with Gasteiger partial charge in [0.05, 0.1) is 11.8 Å². The number of hydrogen-bond donors (Lipinski definition) is 1. The van der Waals surface area contributed by atoms with Gasteiger partial charge >= 0.3 is 5.97 Å². The molecule has 0 spiro atoms. The van der Waals surface area contributed by atoms with E-state index in [2.05, 4.69) is 5.32 Å². The summed E-state index contributed by atoms with van der Waals surface area (Å²) in [5, 5.41) is 2.73. The molecule has 1 saturated heterocycles. The zero-order valence-corrected chi connectivity index (χ0v) is 18.3. The fourth-order valence-corrected chi connectivity index (χ4v) is 5.24. The topological polar surface area (TPSA) is 92.8 Å². The molecule has 1 saturated carbocycles. The SMILES string of the molecule is Cc1ccc(NC(=O)COC(=O)[C@@H](C(C)C)N2C(=O)[C@@H]3[C@H](C2=O)[C@H]2C=C[C@H]3C2)c(C)c1. The highest BCUT2D eigenvalue weighted by molar-refractivity contribution is 6.09. The fraction of sp³-hybridized carbons (Fsp3) is 0.500. The number of rotatable bonds is 6. The fourth-order valence-electron chi connectivity index (χ4n) is 5.24. The molecule has 1 aliphatic heterocycles. The number of amides is 3. The molecule has 3 amide bonds. The van der Waals surface area contributed by atoms with Crippen LogP contribution in [0.4, 0.5) is 5.69 Å². The molecule has 2 bridgehead atoms. The zero-order chi connectivity index (χ0) is 22.4. The molecule has 5 atom stereocenters. The predicted molar refractivity (Wildman–Crippen MR) is 114 cm³/mol. The van der Waals surface area contributed by atoms with E-state index in [-0.39, 0.29) is 41.4 Å². The number of hydrogen-bond acceptors (Lipinski definition) is 5. The summed E-state index contributed by atoms with van der Waals surface area (Å²) in [5.74, 6) is -2.70. The van der Waals surface area contributed by atoms with Crippen molar-refractivity contribution < 1.29 is 23.9 Å². The number of likely N-dealkylation sites (tertiary alicyclic amines) is 1. The van der Waals surface area contributed by atoms with Crippen molar-refractivity contribution in [3.05, 3.63) is 41.5 Å². The van der Waals surface area contributed by atoms with Crippen molar-refractivity contribution in [1.82, 2.24) is 4.90 Å². The van der Waals surface area contributed by atoms with Gasteiger partial charge in [0.2, 0.25) is 11.8 Å². The maximum atomic E-state index is 13.1. The Morgan fingerprint density at radius 3 is 2.26 bits per heavy atom. The first-order valence-corrected chi connectivity index (χ1v) is 10.8. The van der Waals surface area contributed by atoms with Gasteiger partial charge in [-0.3, -0.25) is 19.3 Å². The van der Waals surface area contributed by atoms with Gasteiger partial charge in [0.15, 0.2) is 6.61 Å². The lowest BCUT2D eigenvalue weighted by atomic mass is 9.85. The summed E-state index contributed by atoms with van der Waals surface area (Å²) in [6.45, 7) is 6.90. The third-order valence-corrected chi connectivity index (χ3v) is 6.66. The molecule has 7 nitrogen and oxygen atoms in total. The molecule has 2 fully saturated rings. The number of fused-ring (bicyclic) bond motifs is 5. The second-order valence-electron chi connectivity index (χ2n) is 9.21. The van der Waals surface area contributed by atoms with Gasteiger partial charge in [-0.25, -0.2) is 4.79 Å². The van der Waals surface area contributed by atoms with E-state index in [9.17, 15) is 19.2 Å². The molecule has 0 aromatic heterocycles. The van der Waals surface area contributed by atoms with Gasteiger partial charge in [-0.2, -0.15) is 0 Å². The molecule has 1 aromatic carbocycles. The summed E-state index contributed by atoms with van der Waals surface area (Å²) in [7, 11) is 0. The maximum absolute atomic E-state index is 13.1. The molecule has 1 N–H and O–H groups in total. The van der Waals surface area contributed by atoms with Crippen molar-refractivity contribution in [3.8, 4) is 0 Å². The van der Waals surface area contributed by atoms with Crippen molar-refractivity contribution in [1.29, 1.82) is 0 Å². The smallest absolute Gasteiger partial charge is 0.330 e. The minimum atomic E-state index is -1.03. The molecule has 2 aliphatic carbocycles. The maximum Gasteiger partial charge on any atom is 0.330 e. The number of benzene rings is 1. The number of aryl methyl sites for hydroxylation is 2. The lowest BCUT2D eigenvalue weighted by Gasteiger charge is -2.28. The van der Waals surface area contributed by atoms with Gasteiger partial charge < -0.3 is 10.1 Å². The summed E-state index contributed by atoms with van der Waals surface area (Å²) in [4.78, 5) is 52.4. The Hall–Kier alpha value is -2.96. The average molecular weight is 424 g/mol. The van der Waals surface area contributed by atoms with Gasteiger partial charge in [0.25, 0.3) is 5.91 Å². The Labute approximate surface area is 181 Å². The average Bonchev–Trinajstić information content (AvgIpc) is 3.38. The highest BCUT2D eigenvalue weighted by Gasteiger charge is 2.61. The van der Waals surface area contributed by atoms with Crippen LogP contribution in [0.3, 0.4) is 0 Å².